The molecule has 0 fully saturated rings. The summed E-state index contributed by atoms with van der Waals surface area (Å²) < 4.78 is 17.5. The van der Waals surface area contributed by atoms with Crippen LogP contribution < -0.4 is 5.32 Å². The maximum Gasteiger partial charge on any atom is 0.219 e. The normalized spacial score (nSPS) is 11.1. The van der Waals surface area contributed by atoms with Gasteiger partial charge in [0.05, 0.1) is 0 Å². The number of rotatable bonds is 4. The Labute approximate surface area is 81.8 Å². The molecule has 0 saturated heterocycles. The second-order valence-corrected chi connectivity index (χ2v) is 2.69. The molecule has 1 aromatic carbocycles. The van der Waals surface area contributed by atoms with E-state index in [4.69, 9.17) is 9.84 Å². The van der Waals surface area contributed by atoms with Crippen molar-refractivity contribution in [3.8, 4) is 0 Å². The Balaban J connectivity index is 2.42. The zero-order valence-corrected chi connectivity index (χ0v) is 7.83. The van der Waals surface area contributed by atoms with Gasteiger partial charge in [0.1, 0.15) is 18.7 Å². The van der Waals surface area contributed by atoms with E-state index in [0.29, 0.717) is 6.61 Å². The third kappa shape index (κ3) is 3.35. The van der Waals surface area contributed by atoms with E-state index in [1.165, 1.54) is 18.4 Å². The molecule has 4 heteroatoms. The number of aliphatic hydroxyl groups excluding tert-OH is 1. The zero-order valence-electron chi connectivity index (χ0n) is 7.83. The van der Waals surface area contributed by atoms with Crippen molar-refractivity contribution in [1.82, 2.24) is 5.32 Å². The van der Waals surface area contributed by atoms with E-state index in [-0.39, 0.29) is 11.7 Å². The third-order valence-electron chi connectivity index (χ3n) is 1.61. The van der Waals surface area contributed by atoms with Crippen molar-refractivity contribution in [2.24, 2.45) is 0 Å². The zero-order chi connectivity index (χ0) is 10.4. The molecule has 0 spiro atoms. The number of benzene rings is 1. The average molecular weight is 197 g/mol. The largest absolute Gasteiger partial charge is 0.493 e. The van der Waals surface area contributed by atoms with E-state index >= 15 is 0 Å². The van der Waals surface area contributed by atoms with Crippen LogP contribution in [0.25, 0.3) is 0 Å². The van der Waals surface area contributed by atoms with Crippen LogP contribution in [0.15, 0.2) is 36.4 Å². The molecule has 0 aliphatic rings. The number of halogens is 1. The number of aliphatic hydroxyl groups is 1. The quantitative estimate of drug-likeness (QED) is 0.724. The van der Waals surface area contributed by atoms with Crippen molar-refractivity contribution in [2.75, 3.05) is 7.05 Å². The fourth-order valence-electron chi connectivity index (χ4n) is 0.856. The number of ether oxygens (including phenoxy) is 1. The lowest BCUT2D eigenvalue weighted by molar-refractivity contribution is 0.211. The summed E-state index contributed by atoms with van der Waals surface area (Å²) in [5.41, 5.74) is 0.839. The van der Waals surface area contributed by atoms with Crippen LogP contribution in [0.4, 0.5) is 4.39 Å². The van der Waals surface area contributed by atoms with E-state index in [9.17, 15) is 4.39 Å². The Kier molecular flexibility index (Phi) is 3.79. The van der Waals surface area contributed by atoms with Gasteiger partial charge in [0, 0.05) is 7.05 Å². The fourth-order valence-corrected chi connectivity index (χ4v) is 0.856. The highest BCUT2D eigenvalue weighted by molar-refractivity contribution is 5.15. The molecular weight excluding hydrogens is 185 g/mol. The van der Waals surface area contributed by atoms with Gasteiger partial charge >= 0.3 is 0 Å². The maximum absolute atomic E-state index is 12.5. The molecule has 0 radical (unpaired) electrons. The molecular formula is C10H12FNO2. The summed E-state index contributed by atoms with van der Waals surface area (Å²) in [7, 11) is 1.58. The SMILES string of the molecule is CN/C(O)=C/OCc1ccc(F)cc1. The standard InChI is InChI=1S/C10H12FNO2/c1-12-10(13)7-14-6-8-2-4-9(11)5-3-8/h2-5,7,12-13H,6H2,1H3/b10-7-. The third-order valence-corrected chi connectivity index (χ3v) is 1.61. The predicted octanol–water partition coefficient (Wildman–Crippen LogP) is 1.92. The van der Waals surface area contributed by atoms with E-state index < -0.39 is 0 Å². The van der Waals surface area contributed by atoms with Crippen LogP contribution in [-0.4, -0.2) is 12.2 Å². The first kappa shape index (κ1) is 10.4. The van der Waals surface area contributed by atoms with Gasteiger partial charge in [0.2, 0.25) is 5.88 Å². The minimum absolute atomic E-state index is 0.0490. The molecule has 0 amide bonds. The van der Waals surface area contributed by atoms with Gasteiger partial charge in [-0.1, -0.05) is 12.1 Å². The Morgan fingerprint density at radius 1 is 1.50 bits per heavy atom. The summed E-state index contributed by atoms with van der Waals surface area (Å²) in [5.74, 6) is -0.325. The Bertz CT molecular complexity index is 308. The van der Waals surface area contributed by atoms with Crippen molar-refractivity contribution < 1.29 is 14.2 Å². The second kappa shape index (κ2) is 5.11. The molecule has 1 rings (SSSR count). The highest BCUT2D eigenvalue weighted by atomic mass is 19.1. The topological polar surface area (TPSA) is 41.5 Å². The highest BCUT2D eigenvalue weighted by Crippen LogP contribution is 2.04. The summed E-state index contributed by atoms with van der Waals surface area (Å²) in [5, 5.41) is 11.4. The van der Waals surface area contributed by atoms with E-state index in [0.717, 1.165) is 5.56 Å². The van der Waals surface area contributed by atoms with E-state index in [1.807, 2.05) is 0 Å². The van der Waals surface area contributed by atoms with Crippen LogP contribution in [0.2, 0.25) is 0 Å². The van der Waals surface area contributed by atoms with Crippen molar-refractivity contribution >= 4 is 0 Å². The van der Waals surface area contributed by atoms with Gasteiger partial charge in [0.25, 0.3) is 0 Å². The van der Waals surface area contributed by atoms with Gasteiger partial charge in [-0.3, -0.25) is 0 Å². The molecule has 76 valence electrons. The molecule has 2 N–H and O–H groups in total. The summed E-state index contributed by atoms with van der Waals surface area (Å²) in [4.78, 5) is 0. The molecule has 1 aromatic rings. The lowest BCUT2D eigenvalue weighted by Gasteiger charge is -2.02. The molecule has 0 aromatic heterocycles. The predicted molar refractivity (Wildman–Crippen MR) is 51.0 cm³/mol. The van der Waals surface area contributed by atoms with Crippen molar-refractivity contribution in [3.63, 3.8) is 0 Å². The molecule has 0 bridgehead atoms. The van der Waals surface area contributed by atoms with Crippen LogP contribution in [0, 0.1) is 5.82 Å². The van der Waals surface area contributed by atoms with Gasteiger partial charge in [-0.15, -0.1) is 0 Å². The Morgan fingerprint density at radius 3 is 2.71 bits per heavy atom. The Hall–Kier alpha value is -1.71. The number of nitrogens with one attached hydrogen (secondary N) is 1. The van der Waals surface area contributed by atoms with Gasteiger partial charge < -0.3 is 15.2 Å². The van der Waals surface area contributed by atoms with Gasteiger partial charge in [-0.05, 0) is 17.7 Å². The molecule has 0 unspecified atom stereocenters. The van der Waals surface area contributed by atoms with Crippen LogP contribution >= 0.6 is 0 Å². The lowest BCUT2D eigenvalue weighted by atomic mass is 10.2. The van der Waals surface area contributed by atoms with Crippen LogP contribution in [0.1, 0.15) is 5.56 Å². The van der Waals surface area contributed by atoms with Crippen LogP contribution in [0.5, 0.6) is 0 Å². The lowest BCUT2D eigenvalue weighted by Crippen LogP contribution is -2.04. The molecule has 0 atom stereocenters. The minimum Gasteiger partial charge on any atom is -0.493 e. The number of hydrogen-bond acceptors (Lipinski definition) is 3. The van der Waals surface area contributed by atoms with Gasteiger partial charge in [-0.2, -0.15) is 0 Å². The highest BCUT2D eigenvalue weighted by Gasteiger charge is 1.93. The smallest absolute Gasteiger partial charge is 0.219 e. The van der Waals surface area contributed by atoms with E-state index in [1.54, 1.807) is 19.2 Å². The van der Waals surface area contributed by atoms with Crippen molar-refractivity contribution in [1.29, 1.82) is 0 Å². The molecule has 0 aliphatic heterocycles. The summed E-state index contributed by atoms with van der Waals surface area (Å²) >= 11 is 0. The molecule has 0 aliphatic carbocycles. The number of hydrogen-bond donors (Lipinski definition) is 2. The maximum atomic E-state index is 12.5. The first-order valence-corrected chi connectivity index (χ1v) is 4.15. The van der Waals surface area contributed by atoms with Gasteiger partial charge in [-0.25, -0.2) is 4.39 Å². The average Bonchev–Trinajstić information content (AvgIpc) is 2.21. The van der Waals surface area contributed by atoms with E-state index in [2.05, 4.69) is 5.32 Å². The van der Waals surface area contributed by atoms with Crippen molar-refractivity contribution in [3.05, 3.63) is 47.8 Å². The summed E-state index contributed by atoms with van der Waals surface area (Å²) in [6.07, 6.45) is 1.20. The monoisotopic (exact) mass is 197 g/mol. The molecule has 0 heterocycles. The van der Waals surface area contributed by atoms with Crippen LogP contribution in [0.3, 0.4) is 0 Å². The molecule has 14 heavy (non-hydrogen) atoms. The van der Waals surface area contributed by atoms with Gasteiger partial charge in [0.15, 0.2) is 0 Å². The molecule has 3 nitrogen and oxygen atoms in total. The van der Waals surface area contributed by atoms with Crippen molar-refractivity contribution in [2.45, 2.75) is 6.61 Å². The summed E-state index contributed by atoms with van der Waals surface area (Å²) in [6.45, 7) is 0.298. The summed E-state index contributed by atoms with van der Waals surface area (Å²) in [6, 6.07) is 5.97. The Morgan fingerprint density at radius 2 is 2.14 bits per heavy atom. The fraction of sp³-hybridized carbons (Fsp3) is 0.200. The van der Waals surface area contributed by atoms with Crippen LogP contribution in [-0.2, 0) is 11.3 Å². The first-order chi connectivity index (χ1) is 6.72. The second-order valence-electron chi connectivity index (χ2n) is 2.69. The first-order valence-electron chi connectivity index (χ1n) is 4.15. The minimum atomic E-state index is -0.276. The molecule has 0 saturated carbocycles.